The van der Waals surface area contributed by atoms with Crippen LogP contribution in [0.3, 0.4) is 0 Å². The van der Waals surface area contributed by atoms with Gasteiger partial charge in [-0.25, -0.2) is 4.79 Å². The third kappa shape index (κ3) is 7.16. The molecule has 0 bridgehead atoms. The van der Waals surface area contributed by atoms with Gasteiger partial charge in [0.25, 0.3) is 5.91 Å². The molecule has 154 valence electrons. The van der Waals surface area contributed by atoms with Crippen LogP contribution in [-0.2, 0) is 14.3 Å². The Morgan fingerprint density at radius 2 is 1.97 bits per heavy atom. The van der Waals surface area contributed by atoms with Crippen molar-refractivity contribution >= 4 is 29.6 Å². The summed E-state index contributed by atoms with van der Waals surface area (Å²) in [5.74, 6) is 0.169. The third-order valence-corrected chi connectivity index (χ3v) is 4.21. The van der Waals surface area contributed by atoms with E-state index in [0.717, 1.165) is 11.1 Å². The number of carbonyl (C=O) groups excluding carboxylic acids is 2. The Balaban J connectivity index is 1.85. The molecule has 29 heavy (non-hydrogen) atoms. The van der Waals surface area contributed by atoms with Crippen LogP contribution in [0.4, 0.5) is 0 Å². The summed E-state index contributed by atoms with van der Waals surface area (Å²) < 4.78 is 15.7. The molecular weight excluding hydrogens is 394 g/mol. The Hall–Kier alpha value is -2.99. The lowest BCUT2D eigenvalue weighted by Crippen LogP contribution is -2.30. The molecule has 0 aromatic heterocycles. The van der Waals surface area contributed by atoms with Gasteiger partial charge in [0.05, 0.1) is 19.8 Å². The molecule has 6 nitrogen and oxygen atoms in total. The molecular formula is C22H24ClNO5. The zero-order chi connectivity index (χ0) is 21.2. The molecule has 2 aromatic rings. The first-order valence-electron chi connectivity index (χ1n) is 9.13. The summed E-state index contributed by atoms with van der Waals surface area (Å²) in [4.78, 5) is 23.9. The fourth-order valence-corrected chi connectivity index (χ4v) is 2.75. The molecule has 0 fully saturated rings. The van der Waals surface area contributed by atoms with Crippen molar-refractivity contribution in [1.82, 2.24) is 5.32 Å². The maximum absolute atomic E-state index is 12.0. The summed E-state index contributed by atoms with van der Waals surface area (Å²) >= 11 is 5.95. The highest BCUT2D eigenvalue weighted by atomic mass is 35.5. The molecule has 0 aliphatic heterocycles. The molecule has 7 heteroatoms. The normalized spacial score (nSPS) is 11.7. The second kappa shape index (κ2) is 11.1. The third-order valence-electron chi connectivity index (χ3n) is 3.97. The summed E-state index contributed by atoms with van der Waals surface area (Å²) in [5, 5.41) is 3.35. The van der Waals surface area contributed by atoms with Crippen molar-refractivity contribution in [3.05, 3.63) is 64.7 Å². The number of esters is 1. The number of benzene rings is 2. The zero-order valence-corrected chi connectivity index (χ0v) is 17.4. The van der Waals surface area contributed by atoms with Gasteiger partial charge < -0.3 is 19.5 Å². The first-order chi connectivity index (χ1) is 13.9. The first-order valence-corrected chi connectivity index (χ1v) is 9.51. The lowest BCUT2D eigenvalue weighted by molar-refractivity contribution is -0.144. The van der Waals surface area contributed by atoms with Crippen LogP contribution in [0.2, 0.25) is 5.02 Å². The number of hydrogen-bond donors (Lipinski definition) is 1. The molecule has 0 saturated heterocycles. The molecule has 1 amide bonds. The Morgan fingerprint density at radius 1 is 1.17 bits per heavy atom. The van der Waals surface area contributed by atoms with Crippen LogP contribution in [0.25, 0.3) is 6.08 Å². The molecule has 0 radical (unpaired) electrons. The molecule has 0 aliphatic rings. The molecule has 0 aliphatic carbocycles. The van der Waals surface area contributed by atoms with E-state index in [4.69, 9.17) is 25.8 Å². The van der Waals surface area contributed by atoms with Gasteiger partial charge in [-0.15, -0.1) is 0 Å². The average molecular weight is 418 g/mol. The topological polar surface area (TPSA) is 73.9 Å². The largest absolute Gasteiger partial charge is 0.493 e. The lowest BCUT2D eigenvalue weighted by Gasteiger charge is -2.14. The van der Waals surface area contributed by atoms with Crippen LogP contribution in [-0.4, -0.2) is 32.2 Å². The van der Waals surface area contributed by atoms with Crippen LogP contribution in [0.5, 0.6) is 11.5 Å². The maximum atomic E-state index is 12.0. The van der Waals surface area contributed by atoms with Gasteiger partial charge in [-0.1, -0.05) is 29.8 Å². The van der Waals surface area contributed by atoms with Crippen LogP contribution in [0, 0.1) is 0 Å². The van der Waals surface area contributed by atoms with Gasteiger partial charge in [0, 0.05) is 11.1 Å². The number of carbonyl (C=O) groups is 2. The van der Waals surface area contributed by atoms with Crippen molar-refractivity contribution in [2.24, 2.45) is 0 Å². The fraction of sp³-hybridized carbons (Fsp3) is 0.273. The average Bonchev–Trinajstić information content (AvgIpc) is 2.71. The number of ether oxygens (including phenoxy) is 3. The molecule has 0 heterocycles. The molecule has 0 saturated carbocycles. The minimum atomic E-state index is -0.622. The SMILES string of the molecule is CCOc1ccc(/C=C/C(=O)OCC(=O)N[C@@H](C)c2cccc(Cl)c2)cc1OC. The molecule has 2 aromatic carbocycles. The van der Waals surface area contributed by atoms with Crippen LogP contribution < -0.4 is 14.8 Å². The van der Waals surface area contributed by atoms with Crippen molar-refractivity contribution in [3.8, 4) is 11.5 Å². The van der Waals surface area contributed by atoms with E-state index < -0.39 is 11.9 Å². The monoisotopic (exact) mass is 417 g/mol. The maximum Gasteiger partial charge on any atom is 0.331 e. The second-order valence-electron chi connectivity index (χ2n) is 6.13. The minimum absolute atomic E-state index is 0.258. The number of halogens is 1. The number of rotatable bonds is 9. The molecule has 2 rings (SSSR count). The van der Waals surface area contributed by atoms with E-state index >= 15 is 0 Å². The highest BCUT2D eigenvalue weighted by Gasteiger charge is 2.11. The highest BCUT2D eigenvalue weighted by molar-refractivity contribution is 6.30. The van der Waals surface area contributed by atoms with Crippen molar-refractivity contribution in [3.63, 3.8) is 0 Å². The Bertz CT molecular complexity index is 881. The number of methoxy groups -OCH3 is 1. The molecule has 1 atom stereocenters. The van der Waals surface area contributed by atoms with E-state index in [1.54, 1.807) is 49.6 Å². The van der Waals surface area contributed by atoms with Gasteiger partial charge in [-0.2, -0.15) is 0 Å². The summed E-state index contributed by atoms with van der Waals surface area (Å²) in [5.41, 5.74) is 1.60. The summed E-state index contributed by atoms with van der Waals surface area (Å²) in [6.07, 6.45) is 2.83. The molecule has 1 N–H and O–H groups in total. The Kier molecular flexibility index (Phi) is 8.55. The minimum Gasteiger partial charge on any atom is -0.493 e. The molecule has 0 spiro atoms. The van der Waals surface area contributed by atoms with Crippen LogP contribution in [0.15, 0.2) is 48.5 Å². The van der Waals surface area contributed by atoms with Gasteiger partial charge in [0.1, 0.15) is 0 Å². The summed E-state index contributed by atoms with van der Waals surface area (Å²) in [7, 11) is 1.54. The lowest BCUT2D eigenvalue weighted by atomic mass is 10.1. The number of hydrogen-bond acceptors (Lipinski definition) is 5. The quantitative estimate of drug-likeness (QED) is 0.489. The van der Waals surface area contributed by atoms with Gasteiger partial charge >= 0.3 is 5.97 Å². The van der Waals surface area contributed by atoms with E-state index in [1.165, 1.54) is 6.08 Å². The van der Waals surface area contributed by atoms with Crippen molar-refractivity contribution in [2.75, 3.05) is 20.3 Å². The fourth-order valence-electron chi connectivity index (χ4n) is 2.55. The van der Waals surface area contributed by atoms with Crippen LogP contribution >= 0.6 is 11.6 Å². The summed E-state index contributed by atoms with van der Waals surface area (Å²) in [6.45, 7) is 3.86. The first kappa shape index (κ1) is 22.3. The van der Waals surface area contributed by atoms with Crippen molar-refractivity contribution in [1.29, 1.82) is 0 Å². The van der Waals surface area contributed by atoms with E-state index in [-0.39, 0.29) is 12.6 Å². The van der Waals surface area contributed by atoms with Gasteiger partial charge in [-0.05, 0) is 55.3 Å². The second-order valence-corrected chi connectivity index (χ2v) is 6.56. The molecule has 0 unspecified atom stereocenters. The van der Waals surface area contributed by atoms with Gasteiger partial charge in [0.2, 0.25) is 0 Å². The smallest absolute Gasteiger partial charge is 0.331 e. The predicted molar refractivity (Wildman–Crippen MR) is 112 cm³/mol. The van der Waals surface area contributed by atoms with Crippen molar-refractivity contribution in [2.45, 2.75) is 19.9 Å². The van der Waals surface area contributed by atoms with Gasteiger partial charge in [-0.3, -0.25) is 4.79 Å². The number of amides is 1. The Labute approximate surface area is 175 Å². The predicted octanol–water partition coefficient (Wildman–Crippen LogP) is 4.18. The highest BCUT2D eigenvalue weighted by Crippen LogP contribution is 2.28. The van der Waals surface area contributed by atoms with Gasteiger partial charge in [0.15, 0.2) is 18.1 Å². The van der Waals surface area contributed by atoms with E-state index in [9.17, 15) is 9.59 Å². The zero-order valence-electron chi connectivity index (χ0n) is 16.6. The van der Waals surface area contributed by atoms with Crippen LogP contribution in [0.1, 0.15) is 31.0 Å². The number of nitrogens with one attached hydrogen (secondary N) is 1. The van der Waals surface area contributed by atoms with E-state index in [1.807, 2.05) is 19.9 Å². The Morgan fingerprint density at radius 3 is 2.66 bits per heavy atom. The van der Waals surface area contributed by atoms with E-state index in [2.05, 4.69) is 5.32 Å². The standard InChI is InChI=1S/C22H24ClNO5/c1-4-28-19-10-8-16(12-20(19)27-3)9-11-22(26)29-14-21(25)24-15(2)17-6-5-7-18(23)13-17/h5-13,15H,4,14H2,1-3H3,(H,24,25)/b11-9+/t15-/m0/s1. The van der Waals surface area contributed by atoms with E-state index in [0.29, 0.717) is 23.1 Å². The summed E-state index contributed by atoms with van der Waals surface area (Å²) in [6, 6.07) is 12.2. The van der Waals surface area contributed by atoms with Crippen molar-refractivity contribution < 1.29 is 23.8 Å².